The van der Waals surface area contributed by atoms with Gasteiger partial charge in [0.2, 0.25) is 0 Å². The van der Waals surface area contributed by atoms with E-state index in [-0.39, 0.29) is 0 Å². The molecule has 0 amide bonds. The van der Waals surface area contributed by atoms with Crippen LogP contribution in [0.2, 0.25) is 0 Å². The first-order valence-electron chi connectivity index (χ1n) is 6.80. The Morgan fingerprint density at radius 1 is 1.16 bits per heavy atom. The molecule has 102 valence electrons. The van der Waals surface area contributed by atoms with E-state index in [0.717, 1.165) is 18.7 Å². The molecule has 19 heavy (non-hydrogen) atoms. The van der Waals surface area contributed by atoms with Gasteiger partial charge in [-0.05, 0) is 24.6 Å². The second-order valence-electron chi connectivity index (χ2n) is 4.94. The second-order valence-corrected chi connectivity index (χ2v) is 4.94. The lowest BCUT2D eigenvalue weighted by Crippen LogP contribution is -2.34. The quantitative estimate of drug-likeness (QED) is 0.802. The molecule has 1 aromatic carbocycles. The van der Waals surface area contributed by atoms with Crippen molar-refractivity contribution < 1.29 is 4.42 Å². The van der Waals surface area contributed by atoms with Crippen LogP contribution in [-0.4, -0.2) is 19.1 Å². The maximum atomic E-state index is 5.87. The third kappa shape index (κ3) is 4.23. The van der Waals surface area contributed by atoms with Gasteiger partial charge in [-0.3, -0.25) is 0 Å². The Morgan fingerprint density at radius 3 is 2.58 bits per heavy atom. The average Bonchev–Trinajstić information content (AvgIpc) is 2.93. The van der Waals surface area contributed by atoms with E-state index >= 15 is 0 Å². The van der Waals surface area contributed by atoms with Gasteiger partial charge in [-0.25, -0.2) is 0 Å². The minimum Gasteiger partial charge on any atom is -0.469 e. The summed E-state index contributed by atoms with van der Waals surface area (Å²) in [6.07, 6.45) is 2.62. The number of hydrogen-bond donors (Lipinski definition) is 2. The lowest BCUT2D eigenvalue weighted by molar-refractivity contribution is 0.446. The maximum Gasteiger partial charge on any atom is 0.105 e. The zero-order valence-electron chi connectivity index (χ0n) is 11.4. The highest BCUT2D eigenvalue weighted by atomic mass is 16.3. The van der Waals surface area contributed by atoms with E-state index < -0.39 is 0 Å². The SMILES string of the molecule is CC(Cc1ccco1)NCC(CN)c1ccccc1. The summed E-state index contributed by atoms with van der Waals surface area (Å²) >= 11 is 0. The van der Waals surface area contributed by atoms with Crippen LogP contribution in [0.5, 0.6) is 0 Å². The molecule has 1 aromatic heterocycles. The molecule has 0 saturated carbocycles. The van der Waals surface area contributed by atoms with Crippen LogP contribution in [0.1, 0.15) is 24.2 Å². The summed E-state index contributed by atoms with van der Waals surface area (Å²) in [6, 6.07) is 14.7. The smallest absolute Gasteiger partial charge is 0.105 e. The predicted octanol–water partition coefficient (Wildman–Crippen LogP) is 2.54. The van der Waals surface area contributed by atoms with E-state index in [0.29, 0.717) is 18.5 Å². The summed E-state index contributed by atoms with van der Waals surface area (Å²) in [7, 11) is 0. The Bertz CT molecular complexity index is 453. The molecular formula is C16H22N2O. The average molecular weight is 258 g/mol. The molecule has 0 bridgehead atoms. The summed E-state index contributed by atoms with van der Waals surface area (Å²) in [6.45, 7) is 3.72. The second kappa shape index (κ2) is 7.12. The maximum absolute atomic E-state index is 5.87. The zero-order chi connectivity index (χ0) is 13.5. The third-order valence-corrected chi connectivity index (χ3v) is 3.36. The first kappa shape index (κ1) is 13.8. The highest BCUT2D eigenvalue weighted by molar-refractivity contribution is 5.20. The monoisotopic (exact) mass is 258 g/mol. The van der Waals surface area contributed by atoms with Gasteiger partial charge in [-0.15, -0.1) is 0 Å². The highest BCUT2D eigenvalue weighted by Crippen LogP contribution is 2.13. The van der Waals surface area contributed by atoms with Crippen molar-refractivity contribution in [3.05, 3.63) is 60.1 Å². The fraction of sp³-hybridized carbons (Fsp3) is 0.375. The van der Waals surface area contributed by atoms with E-state index in [2.05, 4.69) is 36.5 Å². The minimum atomic E-state index is 0.361. The van der Waals surface area contributed by atoms with Gasteiger partial charge in [0, 0.05) is 31.5 Å². The molecule has 2 aromatic rings. The molecule has 0 spiro atoms. The van der Waals surface area contributed by atoms with E-state index in [1.165, 1.54) is 5.56 Å². The van der Waals surface area contributed by atoms with Crippen molar-refractivity contribution in [3.8, 4) is 0 Å². The predicted molar refractivity (Wildman–Crippen MR) is 78.1 cm³/mol. The Hall–Kier alpha value is -1.58. The molecule has 2 rings (SSSR count). The number of rotatable bonds is 7. The summed E-state index contributed by atoms with van der Waals surface area (Å²) in [5.41, 5.74) is 7.16. The number of furan rings is 1. The summed E-state index contributed by atoms with van der Waals surface area (Å²) < 4.78 is 5.36. The van der Waals surface area contributed by atoms with E-state index in [4.69, 9.17) is 10.2 Å². The van der Waals surface area contributed by atoms with Crippen LogP contribution in [0.3, 0.4) is 0 Å². The van der Waals surface area contributed by atoms with Gasteiger partial charge >= 0.3 is 0 Å². The van der Waals surface area contributed by atoms with Gasteiger partial charge < -0.3 is 15.5 Å². The molecule has 3 N–H and O–H groups in total. The summed E-state index contributed by atoms with van der Waals surface area (Å²) in [5.74, 6) is 1.38. The standard InChI is InChI=1S/C16H22N2O/c1-13(10-16-8-5-9-19-16)18-12-15(11-17)14-6-3-2-4-7-14/h2-9,13,15,18H,10-12,17H2,1H3. The van der Waals surface area contributed by atoms with Crippen LogP contribution in [0.25, 0.3) is 0 Å². The lowest BCUT2D eigenvalue weighted by Gasteiger charge is -2.19. The number of nitrogens with one attached hydrogen (secondary N) is 1. The van der Waals surface area contributed by atoms with Crippen LogP contribution in [0.4, 0.5) is 0 Å². The highest BCUT2D eigenvalue weighted by Gasteiger charge is 2.11. The molecule has 3 nitrogen and oxygen atoms in total. The Labute approximate surface area is 114 Å². The van der Waals surface area contributed by atoms with Gasteiger partial charge in [0.25, 0.3) is 0 Å². The molecule has 0 aliphatic carbocycles. The number of nitrogens with two attached hydrogens (primary N) is 1. The first-order valence-corrected chi connectivity index (χ1v) is 6.80. The van der Waals surface area contributed by atoms with Gasteiger partial charge in [-0.1, -0.05) is 30.3 Å². The van der Waals surface area contributed by atoms with Crippen molar-refractivity contribution in [2.75, 3.05) is 13.1 Å². The number of hydrogen-bond acceptors (Lipinski definition) is 3. The van der Waals surface area contributed by atoms with Gasteiger partial charge in [0.1, 0.15) is 5.76 Å². The fourth-order valence-electron chi connectivity index (χ4n) is 2.21. The van der Waals surface area contributed by atoms with E-state index in [1.54, 1.807) is 6.26 Å². The van der Waals surface area contributed by atoms with E-state index in [1.807, 2.05) is 18.2 Å². The zero-order valence-corrected chi connectivity index (χ0v) is 11.4. The van der Waals surface area contributed by atoms with Crippen LogP contribution in [-0.2, 0) is 6.42 Å². The number of benzene rings is 1. The molecule has 3 heteroatoms. The van der Waals surface area contributed by atoms with Crippen molar-refractivity contribution in [2.45, 2.75) is 25.3 Å². The van der Waals surface area contributed by atoms with Crippen molar-refractivity contribution in [2.24, 2.45) is 5.73 Å². The normalized spacial score (nSPS) is 14.2. The Morgan fingerprint density at radius 2 is 1.95 bits per heavy atom. The molecular weight excluding hydrogens is 236 g/mol. The largest absolute Gasteiger partial charge is 0.469 e. The van der Waals surface area contributed by atoms with Gasteiger partial charge in [-0.2, -0.15) is 0 Å². The molecule has 0 fully saturated rings. The van der Waals surface area contributed by atoms with E-state index in [9.17, 15) is 0 Å². The Kier molecular flexibility index (Phi) is 5.19. The minimum absolute atomic E-state index is 0.361. The molecule has 0 saturated heterocycles. The summed E-state index contributed by atoms with van der Waals surface area (Å²) in [5, 5.41) is 3.53. The topological polar surface area (TPSA) is 51.2 Å². The lowest BCUT2D eigenvalue weighted by atomic mass is 9.99. The van der Waals surface area contributed by atoms with Crippen LogP contribution < -0.4 is 11.1 Å². The molecule has 0 aliphatic heterocycles. The summed E-state index contributed by atoms with van der Waals surface area (Å²) in [4.78, 5) is 0. The third-order valence-electron chi connectivity index (χ3n) is 3.36. The molecule has 2 unspecified atom stereocenters. The van der Waals surface area contributed by atoms with Crippen LogP contribution in [0.15, 0.2) is 53.1 Å². The van der Waals surface area contributed by atoms with Crippen molar-refractivity contribution in [1.82, 2.24) is 5.32 Å². The van der Waals surface area contributed by atoms with Crippen LogP contribution >= 0.6 is 0 Å². The van der Waals surface area contributed by atoms with Gasteiger partial charge in [0.15, 0.2) is 0 Å². The Balaban J connectivity index is 1.83. The van der Waals surface area contributed by atoms with Crippen molar-refractivity contribution in [1.29, 1.82) is 0 Å². The van der Waals surface area contributed by atoms with Crippen LogP contribution in [0, 0.1) is 0 Å². The molecule has 1 heterocycles. The van der Waals surface area contributed by atoms with Crippen molar-refractivity contribution in [3.63, 3.8) is 0 Å². The van der Waals surface area contributed by atoms with Crippen molar-refractivity contribution >= 4 is 0 Å². The molecule has 2 atom stereocenters. The first-order chi connectivity index (χ1) is 9.29. The molecule has 0 aliphatic rings. The van der Waals surface area contributed by atoms with Gasteiger partial charge in [0.05, 0.1) is 6.26 Å². The fourth-order valence-corrected chi connectivity index (χ4v) is 2.21. The molecule has 0 radical (unpaired) electrons.